The standard InChI is InChI=1S/C9H12N6O3/c1-18-3-2-6(9(16)17)11-7-4-10-5-8-12-13-14-15(7)8/h4-6,11H,2-3H2,1H3,(H,16,17). The van der Waals surface area contributed by atoms with Gasteiger partial charge in [0.1, 0.15) is 6.04 Å². The Morgan fingerprint density at radius 2 is 2.44 bits per heavy atom. The number of hydrogen-bond donors (Lipinski definition) is 2. The Kier molecular flexibility index (Phi) is 3.63. The molecule has 0 aliphatic rings. The highest BCUT2D eigenvalue weighted by Gasteiger charge is 2.18. The molecule has 2 heterocycles. The lowest BCUT2D eigenvalue weighted by Crippen LogP contribution is -2.31. The first kappa shape index (κ1) is 12.2. The van der Waals surface area contributed by atoms with Crippen LogP contribution in [0.15, 0.2) is 12.4 Å². The summed E-state index contributed by atoms with van der Waals surface area (Å²) in [5.74, 6) is -0.557. The third kappa shape index (κ3) is 2.51. The molecule has 2 aromatic rings. The lowest BCUT2D eigenvalue weighted by Gasteiger charge is -2.14. The molecule has 0 radical (unpaired) electrons. The van der Waals surface area contributed by atoms with Crippen molar-refractivity contribution in [1.82, 2.24) is 25.0 Å². The number of fused-ring (bicyclic) bond motifs is 1. The number of ether oxygens (including phenoxy) is 1. The van der Waals surface area contributed by atoms with Gasteiger partial charge in [-0.2, -0.15) is 4.52 Å². The van der Waals surface area contributed by atoms with Crippen molar-refractivity contribution in [1.29, 1.82) is 0 Å². The first-order valence-electron chi connectivity index (χ1n) is 5.22. The van der Waals surface area contributed by atoms with Crippen molar-refractivity contribution >= 4 is 17.4 Å². The molecular weight excluding hydrogens is 240 g/mol. The minimum atomic E-state index is -0.975. The zero-order valence-electron chi connectivity index (χ0n) is 9.65. The van der Waals surface area contributed by atoms with Crippen LogP contribution < -0.4 is 5.32 Å². The molecule has 2 rings (SSSR count). The molecule has 0 bridgehead atoms. The van der Waals surface area contributed by atoms with Gasteiger partial charge in [-0.25, -0.2) is 4.79 Å². The van der Waals surface area contributed by atoms with Crippen molar-refractivity contribution < 1.29 is 14.6 Å². The average molecular weight is 252 g/mol. The molecule has 0 saturated carbocycles. The number of carboxylic acids is 1. The molecule has 9 heteroatoms. The second kappa shape index (κ2) is 5.36. The van der Waals surface area contributed by atoms with E-state index in [9.17, 15) is 4.79 Å². The van der Waals surface area contributed by atoms with E-state index in [-0.39, 0.29) is 0 Å². The molecule has 18 heavy (non-hydrogen) atoms. The Hall–Kier alpha value is -2.29. The molecular formula is C9H12N6O3. The summed E-state index contributed by atoms with van der Waals surface area (Å²) in [6.07, 6.45) is 3.27. The van der Waals surface area contributed by atoms with E-state index in [2.05, 4.69) is 25.8 Å². The fraction of sp³-hybridized carbons (Fsp3) is 0.444. The van der Waals surface area contributed by atoms with Crippen molar-refractivity contribution in [2.24, 2.45) is 0 Å². The largest absolute Gasteiger partial charge is 0.480 e. The van der Waals surface area contributed by atoms with E-state index >= 15 is 0 Å². The Labute approximate surface area is 102 Å². The number of rotatable bonds is 6. The van der Waals surface area contributed by atoms with E-state index in [1.165, 1.54) is 24.0 Å². The molecule has 0 amide bonds. The van der Waals surface area contributed by atoms with Gasteiger partial charge < -0.3 is 15.2 Å². The summed E-state index contributed by atoms with van der Waals surface area (Å²) in [6.45, 7) is 0.336. The Morgan fingerprint density at radius 1 is 1.61 bits per heavy atom. The van der Waals surface area contributed by atoms with Crippen molar-refractivity contribution in [2.45, 2.75) is 12.5 Å². The highest BCUT2D eigenvalue weighted by molar-refractivity contribution is 5.76. The van der Waals surface area contributed by atoms with Crippen molar-refractivity contribution in [3.8, 4) is 0 Å². The molecule has 0 fully saturated rings. The van der Waals surface area contributed by atoms with Crippen LogP contribution >= 0.6 is 0 Å². The maximum absolute atomic E-state index is 11.1. The summed E-state index contributed by atoms with van der Waals surface area (Å²) >= 11 is 0. The summed E-state index contributed by atoms with van der Waals surface area (Å²) in [6, 6.07) is -0.790. The van der Waals surface area contributed by atoms with Crippen molar-refractivity contribution in [2.75, 3.05) is 19.0 Å². The van der Waals surface area contributed by atoms with E-state index in [0.29, 0.717) is 24.5 Å². The van der Waals surface area contributed by atoms with Gasteiger partial charge in [0.15, 0.2) is 11.5 Å². The van der Waals surface area contributed by atoms with Crippen molar-refractivity contribution in [3.63, 3.8) is 0 Å². The Bertz CT molecular complexity index is 542. The highest BCUT2D eigenvalue weighted by Crippen LogP contribution is 2.09. The van der Waals surface area contributed by atoms with E-state index in [1.54, 1.807) is 0 Å². The number of anilines is 1. The summed E-state index contributed by atoms with van der Waals surface area (Å²) < 4.78 is 6.25. The Balaban J connectivity index is 2.20. The predicted octanol–water partition coefficient (Wildman–Crippen LogP) is -0.579. The van der Waals surface area contributed by atoms with Crippen LogP contribution in [-0.2, 0) is 9.53 Å². The number of tetrazole rings is 1. The summed E-state index contributed by atoms with van der Waals surface area (Å²) in [5, 5.41) is 22.9. The fourth-order valence-corrected chi connectivity index (χ4v) is 1.45. The number of carboxylic acid groups (broad SMARTS) is 1. The second-order valence-electron chi connectivity index (χ2n) is 3.56. The minimum Gasteiger partial charge on any atom is -0.480 e. The average Bonchev–Trinajstić information content (AvgIpc) is 2.83. The van der Waals surface area contributed by atoms with Gasteiger partial charge in [-0.05, 0) is 10.4 Å². The van der Waals surface area contributed by atoms with Crippen LogP contribution in [-0.4, -0.2) is 55.9 Å². The number of methoxy groups -OCH3 is 1. The third-order valence-electron chi connectivity index (χ3n) is 2.34. The maximum Gasteiger partial charge on any atom is 0.326 e. The summed E-state index contributed by atoms with van der Waals surface area (Å²) in [5.41, 5.74) is 0.441. The molecule has 0 saturated heterocycles. The second-order valence-corrected chi connectivity index (χ2v) is 3.56. The minimum absolute atomic E-state index is 0.324. The normalized spacial score (nSPS) is 12.5. The molecule has 0 aromatic carbocycles. The summed E-state index contributed by atoms with van der Waals surface area (Å²) in [4.78, 5) is 15.0. The number of carbonyl (C=O) groups is 1. The van der Waals surface area contributed by atoms with Gasteiger partial charge in [0.25, 0.3) is 0 Å². The predicted molar refractivity (Wildman–Crippen MR) is 60.1 cm³/mol. The molecule has 1 atom stereocenters. The molecule has 2 aromatic heterocycles. The lowest BCUT2D eigenvalue weighted by molar-refractivity contribution is -0.138. The molecule has 0 aliphatic heterocycles. The number of aliphatic carboxylic acids is 1. The van der Waals surface area contributed by atoms with E-state index < -0.39 is 12.0 Å². The smallest absolute Gasteiger partial charge is 0.326 e. The lowest BCUT2D eigenvalue weighted by atomic mass is 10.2. The highest BCUT2D eigenvalue weighted by atomic mass is 16.5. The van der Waals surface area contributed by atoms with Gasteiger partial charge in [-0.1, -0.05) is 0 Å². The quantitative estimate of drug-likeness (QED) is 0.701. The zero-order chi connectivity index (χ0) is 13.0. The topological polar surface area (TPSA) is 115 Å². The van der Waals surface area contributed by atoms with Crippen molar-refractivity contribution in [3.05, 3.63) is 12.4 Å². The number of hydrogen-bond acceptors (Lipinski definition) is 7. The van der Waals surface area contributed by atoms with Crippen LogP contribution in [0.5, 0.6) is 0 Å². The van der Waals surface area contributed by atoms with Crippen LogP contribution in [0.2, 0.25) is 0 Å². The summed E-state index contributed by atoms with van der Waals surface area (Å²) in [7, 11) is 1.52. The van der Waals surface area contributed by atoms with Gasteiger partial charge in [0.2, 0.25) is 0 Å². The first-order valence-corrected chi connectivity index (χ1v) is 5.22. The van der Waals surface area contributed by atoms with Crippen LogP contribution in [0.3, 0.4) is 0 Å². The Morgan fingerprint density at radius 3 is 3.17 bits per heavy atom. The first-order chi connectivity index (χ1) is 8.72. The molecule has 96 valence electrons. The molecule has 0 spiro atoms. The van der Waals surface area contributed by atoms with E-state index in [4.69, 9.17) is 9.84 Å². The van der Waals surface area contributed by atoms with Gasteiger partial charge in [-0.3, -0.25) is 4.98 Å². The molecule has 2 N–H and O–H groups in total. The van der Waals surface area contributed by atoms with Gasteiger partial charge in [-0.15, -0.1) is 5.10 Å². The number of aromatic nitrogens is 5. The van der Waals surface area contributed by atoms with Gasteiger partial charge >= 0.3 is 5.97 Å². The van der Waals surface area contributed by atoms with E-state index in [0.717, 1.165) is 0 Å². The van der Waals surface area contributed by atoms with Crippen LogP contribution in [0.25, 0.3) is 5.65 Å². The maximum atomic E-state index is 11.1. The number of nitrogens with zero attached hydrogens (tertiary/aromatic N) is 5. The zero-order valence-corrected chi connectivity index (χ0v) is 9.65. The fourth-order valence-electron chi connectivity index (χ4n) is 1.45. The molecule has 1 unspecified atom stereocenters. The third-order valence-corrected chi connectivity index (χ3v) is 2.34. The SMILES string of the molecule is COCCC(Nc1cncc2nnnn12)C(=O)O. The van der Waals surface area contributed by atoms with Gasteiger partial charge in [0, 0.05) is 20.1 Å². The van der Waals surface area contributed by atoms with Gasteiger partial charge in [0.05, 0.1) is 12.4 Å². The van der Waals surface area contributed by atoms with Crippen LogP contribution in [0.4, 0.5) is 5.82 Å². The monoisotopic (exact) mass is 252 g/mol. The molecule has 0 aliphatic carbocycles. The van der Waals surface area contributed by atoms with E-state index in [1.807, 2.05) is 0 Å². The van der Waals surface area contributed by atoms with Crippen LogP contribution in [0, 0.1) is 0 Å². The number of nitrogens with one attached hydrogen (secondary N) is 1. The van der Waals surface area contributed by atoms with Crippen LogP contribution in [0.1, 0.15) is 6.42 Å². The molecule has 9 nitrogen and oxygen atoms in total.